The molecular weight excluding hydrogens is 578 g/mol. The molecule has 1 fully saturated rings. The van der Waals surface area contributed by atoms with Crippen molar-refractivity contribution in [1.29, 1.82) is 0 Å². The molecule has 1 saturated heterocycles. The number of carbonyl (C=O) groups is 1. The number of hydrogen-bond acceptors (Lipinski definition) is 7. The molecular formula is C29H36F6N6O2. The second-order valence-electron chi connectivity index (χ2n) is 11.2. The number of halogens is 6. The highest BCUT2D eigenvalue weighted by Crippen LogP contribution is 2.38. The zero-order valence-corrected chi connectivity index (χ0v) is 24.4. The first-order valence-electron chi connectivity index (χ1n) is 14.3. The summed E-state index contributed by atoms with van der Waals surface area (Å²) < 4.78 is 87.6. The summed E-state index contributed by atoms with van der Waals surface area (Å²) in [6, 6.07) is 0.661. The van der Waals surface area contributed by atoms with Gasteiger partial charge in [0.15, 0.2) is 0 Å². The predicted molar refractivity (Wildman–Crippen MR) is 149 cm³/mol. The van der Waals surface area contributed by atoms with E-state index in [-0.39, 0.29) is 54.3 Å². The molecule has 2 aromatic rings. The highest BCUT2D eigenvalue weighted by Gasteiger charge is 2.42. The van der Waals surface area contributed by atoms with Gasteiger partial charge in [-0.15, -0.1) is 0 Å². The quantitative estimate of drug-likeness (QED) is 0.331. The van der Waals surface area contributed by atoms with Gasteiger partial charge in [0.1, 0.15) is 0 Å². The van der Waals surface area contributed by atoms with Crippen LogP contribution in [0.3, 0.4) is 0 Å². The molecule has 14 heteroatoms. The molecule has 1 aromatic carbocycles. The van der Waals surface area contributed by atoms with E-state index in [0.717, 1.165) is 17.7 Å². The number of nitrogens with zero attached hydrogens (tertiary/aromatic N) is 5. The minimum Gasteiger partial charge on any atom is -0.447 e. The van der Waals surface area contributed by atoms with Crippen LogP contribution in [0.25, 0.3) is 0 Å². The minimum atomic E-state index is -4.97. The Kier molecular flexibility index (Phi) is 9.75. The van der Waals surface area contributed by atoms with Crippen molar-refractivity contribution in [3.8, 4) is 0 Å². The zero-order chi connectivity index (χ0) is 31.5. The van der Waals surface area contributed by atoms with E-state index >= 15 is 0 Å². The number of nitrogens with one attached hydrogen (secondary N) is 1. The maximum atomic E-state index is 13.7. The van der Waals surface area contributed by atoms with Crippen LogP contribution in [0.1, 0.15) is 81.5 Å². The predicted octanol–water partition coefficient (Wildman–Crippen LogP) is 6.76. The third kappa shape index (κ3) is 7.69. The molecule has 0 saturated carbocycles. The summed E-state index contributed by atoms with van der Waals surface area (Å²) in [7, 11) is 0. The topological polar surface area (TPSA) is 83.0 Å². The Bertz CT molecular complexity index is 1240. The summed E-state index contributed by atoms with van der Waals surface area (Å²) in [6.45, 7) is 7.61. The number of anilines is 1. The monoisotopic (exact) mass is 614 g/mol. The van der Waals surface area contributed by atoms with Crippen LogP contribution < -0.4 is 10.3 Å². The van der Waals surface area contributed by atoms with E-state index in [4.69, 9.17) is 4.74 Å². The Morgan fingerprint density at radius 2 is 1.56 bits per heavy atom. The first kappa shape index (κ1) is 32.3. The first-order chi connectivity index (χ1) is 20.2. The summed E-state index contributed by atoms with van der Waals surface area (Å²) in [5.41, 5.74) is 0.673. The molecule has 236 valence electrons. The van der Waals surface area contributed by atoms with Gasteiger partial charge >= 0.3 is 18.4 Å². The van der Waals surface area contributed by atoms with Crippen LogP contribution in [0.2, 0.25) is 0 Å². The number of hydrogen-bond donors (Lipinski definition) is 1. The van der Waals surface area contributed by atoms with Crippen molar-refractivity contribution in [3.05, 3.63) is 52.8 Å². The van der Waals surface area contributed by atoms with Crippen LogP contribution in [0.5, 0.6) is 0 Å². The molecule has 4 rings (SSSR count). The number of piperidine rings is 1. The van der Waals surface area contributed by atoms with Crippen LogP contribution in [-0.2, 0) is 23.6 Å². The van der Waals surface area contributed by atoms with Gasteiger partial charge in [0.2, 0.25) is 5.95 Å². The molecule has 0 spiro atoms. The van der Waals surface area contributed by atoms with E-state index in [0.29, 0.717) is 32.2 Å². The summed E-state index contributed by atoms with van der Waals surface area (Å²) >= 11 is 0. The lowest BCUT2D eigenvalue weighted by Crippen LogP contribution is -2.57. The normalized spacial score (nSPS) is 22.5. The lowest BCUT2D eigenvalue weighted by atomic mass is 9.87. The van der Waals surface area contributed by atoms with Gasteiger partial charge in [-0.05, 0) is 68.9 Å². The molecule has 1 N–H and O–H groups in total. The Labute approximate surface area is 246 Å². The Hall–Kier alpha value is -3.58. The van der Waals surface area contributed by atoms with E-state index in [1.165, 1.54) is 0 Å². The number of hydrazone groups is 1. The molecule has 1 amide bonds. The van der Waals surface area contributed by atoms with Gasteiger partial charge in [-0.25, -0.2) is 14.8 Å². The summed E-state index contributed by atoms with van der Waals surface area (Å²) in [6.07, 6.45) is -3.88. The second kappa shape index (κ2) is 13.0. The summed E-state index contributed by atoms with van der Waals surface area (Å²) in [5.74, 6) is 0.106. The average Bonchev–Trinajstić information content (AvgIpc) is 3.49. The maximum absolute atomic E-state index is 13.7. The molecule has 0 aliphatic carbocycles. The maximum Gasteiger partial charge on any atom is 0.416 e. The highest BCUT2D eigenvalue weighted by molar-refractivity contribution is 5.70. The van der Waals surface area contributed by atoms with Crippen molar-refractivity contribution in [2.45, 2.75) is 102 Å². The van der Waals surface area contributed by atoms with Crippen LogP contribution in [0, 0.1) is 0 Å². The standard InChI is InChI=1S/C29H36F6N6O2/c1-5-23-10-25(11-24(6-2)41(23)27(42)43-17(3)4)40(26-36-12-19(13-37-26)20-14-38-39-15-20)16-18-7-21(28(30,31)32)9-22(8-18)29(33,34)35/h7-9,12-14,17,20,23-25,39H,5-6,10-11,15-16H2,1-4H3/t20?,23-,24+,25+. The van der Waals surface area contributed by atoms with Gasteiger partial charge in [0, 0.05) is 55.7 Å². The van der Waals surface area contributed by atoms with Gasteiger partial charge in [0.05, 0.1) is 17.2 Å². The first-order valence-corrected chi connectivity index (χ1v) is 14.3. The van der Waals surface area contributed by atoms with Gasteiger partial charge in [-0.1, -0.05) is 13.8 Å². The molecule has 8 nitrogen and oxygen atoms in total. The van der Waals surface area contributed by atoms with Crippen LogP contribution in [0.15, 0.2) is 35.7 Å². The molecule has 4 atom stereocenters. The number of aromatic nitrogens is 2. The Balaban J connectivity index is 1.74. The minimum absolute atomic E-state index is 0.0653. The van der Waals surface area contributed by atoms with Crippen molar-refractivity contribution in [2.24, 2.45) is 5.10 Å². The Morgan fingerprint density at radius 1 is 1.00 bits per heavy atom. The summed E-state index contributed by atoms with van der Waals surface area (Å²) in [4.78, 5) is 25.4. The lowest BCUT2D eigenvalue weighted by molar-refractivity contribution is -0.143. The fourth-order valence-corrected chi connectivity index (χ4v) is 5.68. The Morgan fingerprint density at radius 3 is 2.00 bits per heavy atom. The summed E-state index contributed by atoms with van der Waals surface area (Å²) in [5, 5.41) is 3.99. The average molecular weight is 615 g/mol. The number of alkyl halides is 6. The molecule has 43 heavy (non-hydrogen) atoms. The molecule has 2 aliphatic heterocycles. The third-order valence-corrected chi connectivity index (χ3v) is 7.81. The molecule has 0 radical (unpaired) electrons. The van der Waals surface area contributed by atoms with Crippen molar-refractivity contribution in [2.75, 3.05) is 11.4 Å². The van der Waals surface area contributed by atoms with Crippen LogP contribution in [-0.4, -0.2) is 57.9 Å². The number of carbonyl (C=O) groups excluding carboxylic acids is 1. The van der Waals surface area contributed by atoms with Crippen molar-refractivity contribution < 1.29 is 35.9 Å². The van der Waals surface area contributed by atoms with E-state index in [9.17, 15) is 31.1 Å². The van der Waals surface area contributed by atoms with Gasteiger partial charge in [-0.2, -0.15) is 31.4 Å². The largest absolute Gasteiger partial charge is 0.447 e. The molecule has 3 heterocycles. The SMILES string of the molecule is CC[C@@H]1C[C@H](N(Cc2cc(C(F)(F)F)cc(C(F)(F)F)c2)c2ncc(C3C=NNC3)cn2)C[C@H](CC)N1C(=O)OC(C)C. The second-order valence-corrected chi connectivity index (χ2v) is 11.2. The zero-order valence-electron chi connectivity index (χ0n) is 24.4. The van der Waals surface area contributed by atoms with Gasteiger partial charge in [-0.3, -0.25) is 0 Å². The fraction of sp³-hybridized carbons (Fsp3) is 0.586. The number of rotatable bonds is 8. The molecule has 0 bridgehead atoms. The van der Waals surface area contributed by atoms with Gasteiger partial charge in [0.25, 0.3) is 0 Å². The van der Waals surface area contributed by atoms with Gasteiger partial charge < -0.3 is 20.0 Å². The van der Waals surface area contributed by atoms with E-state index in [1.807, 2.05) is 13.8 Å². The lowest BCUT2D eigenvalue weighted by Gasteiger charge is -2.47. The molecule has 2 aliphatic rings. The third-order valence-electron chi connectivity index (χ3n) is 7.81. The van der Waals surface area contributed by atoms with Crippen LogP contribution in [0.4, 0.5) is 37.1 Å². The molecule has 1 unspecified atom stereocenters. The fourth-order valence-electron chi connectivity index (χ4n) is 5.68. The van der Waals surface area contributed by atoms with Crippen molar-refractivity contribution >= 4 is 18.3 Å². The van der Waals surface area contributed by atoms with E-state index < -0.39 is 29.6 Å². The number of likely N-dealkylation sites (tertiary alicyclic amines) is 1. The van der Waals surface area contributed by atoms with Crippen molar-refractivity contribution in [1.82, 2.24) is 20.3 Å². The van der Waals surface area contributed by atoms with Crippen LogP contribution >= 0.6 is 0 Å². The highest BCUT2D eigenvalue weighted by atomic mass is 19.4. The molecule has 1 aromatic heterocycles. The number of benzene rings is 1. The van der Waals surface area contributed by atoms with E-state index in [2.05, 4.69) is 20.5 Å². The number of amides is 1. The van der Waals surface area contributed by atoms with E-state index in [1.54, 1.807) is 42.3 Å². The van der Waals surface area contributed by atoms with Crippen molar-refractivity contribution in [3.63, 3.8) is 0 Å². The number of ether oxygens (including phenoxy) is 1. The smallest absolute Gasteiger partial charge is 0.416 e.